The number of nitrogens with zero attached hydrogens (tertiary/aromatic N) is 3. The van der Waals surface area contributed by atoms with Gasteiger partial charge < -0.3 is 14.8 Å². The summed E-state index contributed by atoms with van der Waals surface area (Å²) in [4.78, 5) is 33.6. The van der Waals surface area contributed by atoms with Crippen LogP contribution in [-0.4, -0.2) is 40.4 Å². The van der Waals surface area contributed by atoms with Crippen molar-refractivity contribution in [3.63, 3.8) is 0 Å². The number of methoxy groups -OCH3 is 2. The Hall–Kier alpha value is -3.33. The molecular weight excluding hydrogens is 428 g/mol. The van der Waals surface area contributed by atoms with E-state index in [0.717, 1.165) is 36.1 Å². The Kier molecular flexibility index (Phi) is 6.75. The molecule has 0 aliphatic heterocycles. The Balaban J connectivity index is 1.47. The third-order valence-corrected chi connectivity index (χ3v) is 6.32. The highest BCUT2D eigenvalue weighted by atomic mass is 32.2. The number of nitrogens with one attached hydrogen (secondary N) is 1. The number of hydrogen-bond donors (Lipinski definition) is 1. The summed E-state index contributed by atoms with van der Waals surface area (Å²) in [5, 5.41) is 3.50. The minimum atomic E-state index is -0.287. The van der Waals surface area contributed by atoms with Gasteiger partial charge in [0, 0.05) is 35.4 Å². The summed E-state index contributed by atoms with van der Waals surface area (Å²) in [6.45, 7) is 0.474. The summed E-state index contributed by atoms with van der Waals surface area (Å²) in [6.07, 6.45) is 6.11. The second kappa shape index (κ2) is 9.86. The maximum absolute atomic E-state index is 12.8. The monoisotopic (exact) mass is 452 g/mol. The highest BCUT2D eigenvalue weighted by molar-refractivity contribution is 8.00. The van der Waals surface area contributed by atoms with E-state index in [-0.39, 0.29) is 17.3 Å². The molecule has 1 aliphatic rings. The van der Waals surface area contributed by atoms with Crippen molar-refractivity contribution in [2.45, 2.75) is 30.8 Å². The molecule has 0 radical (unpaired) electrons. The van der Waals surface area contributed by atoms with Crippen LogP contribution in [-0.2, 0) is 24.2 Å². The number of carbonyl (C=O) groups is 1. The predicted molar refractivity (Wildman–Crippen MR) is 123 cm³/mol. The van der Waals surface area contributed by atoms with Crippen molar-refractivity contribution in [3.8, 4) is 11.5 Å². The summed E-state index contributed by atoms with van der Waals surface area (Å²) in [5.41, 5.74) is 3.42. The van der Waals surface area contributed by atoms with Gasteiger partial charge in [-0.2, -0.15) is 4.98 Å². The van der Waals surface area contributed by atoms with Gasteiger partial charge in [-0.3, -0.25) is 14.3 Å². The molecule has 4 rings (SSSR count). The normalized spacial score (nSPS) is 12.3. The van der Waals surface area contributed by atoms with E-state index in [1.807, 2.05) is 12.1 Å². The van der Waals surface area contributed by atoms with Crippen LogP contribution in [0.1, 0.15) is 23.2 Å². The first-order valence-electron chi connectivity index (χ1n) is 10.2. The molecule has 0 atom stereocenters. The SMILES string of the molecule is COc1ccc(NC(=O)CSc2nc(=O)n(Cc3ccncc3)c3c2CCC3)cc1OC. The van der Waals surface area contributed by atoms with Gasteiger partial charge in [0.05, 0.1) is 26.5 Å². The van der Waals surface area contributed by atoms with E-state index >= 15 is 0 Å². The average molecular weight is 453 g/mol. The van der Waals surface area contributed by atoms with Gasteiger partial charge in [0.15, 0.2) is 11.5 Å². The molecule has 0 unspecified atom stereocenters. The Bertz CT molecular complexity index is 1180. The first-order chi connectivity index (χ1) is 15.6. The van der Waals surface area contributed by atoms with E-state index in [1.54, 1.807) is 49.4 Å². The highest BCUT2D eigenvalue weighted by Crippen LogP contribution is 2.31. The lowest BCUT2D eigenvalue weighted by molar-refractivity contribution is -0.113. The topological polar surface area (TPSA) is 95.3 Å². The molecule has 8 nitrogen and oxygen atoms in total. The maximum atomic E-state index is 12.8. The maximum Gasteiger partial charge on any atom is 0.349 e. The van der Waals surface area contributed by atoms with Gasteiger partial charge in [-0.05, 0) is 49.1 Å². The van der Waals surface area contributed by atoms with Gasteiger partial charge in [-0.15, -0.1) is 0 Å². The standard InChI is InChI=1S/C23H24N4O4S/c1-30-19-7-6-16(12-20(19)31-2)25-21(28)14-32-22-17-4-3-5-18(17)27(23(29)26-22)13-15-8-10-24-11-9-15/h6-12H,3-5,13-14H2,1-2H3,(H,25,28). The number of ether oxygens (including phenoxy) is 2. The van der Waals surface area contributed by atoms with Crippen molar-refractivity contribution in [1.82, 2.24) is 14.5 Å². The number of aromatic nitrogens is 3. The van der Waals surface area contributed by atoms with Crippen LogP contribution in [0.5, 0.6) is 11.5 Å². The minimum absolute atomic E-state index is 0.154. The number of pyridine rings is 1. The zero-order chi connectivity index (χ0) is 22.5. The molecule has 1 amide bonds. The molecule has 0 spiro atoms. The number of anilines is 1. The molecule has 0 fully saturated rings. The Labute approximate surface area is 190 Å². The fraction of sp³-hybridized carbons (Fsp3) is 0.304. The lowest BCUT2D eigenvalue weighted by atomic mass is 10.2. The lowest BCUT2D eigenvalue weighted by Gasteiger charge is -2.14. The molecular formula is C23H24N4O4S. The lowest BCUT2D eigenvalue weighted by Crippen LogP contribution is -2.28. The largest absolute Gasteiger partial charge is 0.493 e. The van der Waals surface area contributed by atoms with E-state index in [4.69, 9.17) is 9.47 Å². The fourth-order valence-electron chi connectivity index (χ4n) is 3.78. The van der Waals surface area contributed by atoms with Crippen LogP contribution < -0.4 is 20.5 Å². The van der Waals surface area contributed by atoms with Crippen molar-refractivity contribution < 1.29 is 14.3 Å². The van der Waals surface area contributed by atoms with Crippen LogP contribution in [0.3, 0.4) is 0 Å². The summed E-state index contributed by atoms with van der Waals surface area (Å²) < 4.78 is 12.2. The third kappa shape index (κ3) is 4.77. The van der Waals surface area contributed by atoms with Crippen LogP contribution in [0.25, 0.3) is 0 Å². The molecule has 3 aromatic rings. The Morgan fingerprint density at radius 2 is 1.91 bits per heavy atom. The molecule has 1 aromatic carbocycles. The van der Waals surface area contributed by atoms with Crippen molar-refractivity contribution in [3.05, 3.63) is 70.0 Å². The molecule has 32 heavy (non-hydrogen) atoms. The van der Waals surface area contributed by atoms with Crippen molar-refractivity contribution in [2.75, 3.05) is 25.3 Å². The van der Waals surface area contributed by atoms with E-state index in [1.165, 1.54) is 11.8 Å². The quantitative estimate of drug-likeness (QED) is 0.415. The number of thioether (sulfide) groups is 1. The molecule has 0 saturated heterocycles. The van der Waals surface area contributed by atoms with Crippen molar-refractivity contribution in [1.29, 1.82) is 0 Å². The second-order valence-corrected chi connectivity index (χ2v) is 8.29. The zero-order valence-electron chi connectivity index (χ0n) is 18.0. The first-order valence-corrected chi connectivity index (χ1v) is 11.2. The van der Waals surface area contributed by atoms with Gasteiger partial charge in [0.25, 0.3) is 0 Å². The van der Waals surface area contributed by atoms with Crippen LogP contribution in [0.15, 0.2) is 52.5 Å². The highest BCUT2D eigenvalue weighted by Gasteiger charge is 2.22. The average Bonchev–Trinajstić information content (AvgIpc) is 3.30. The van der Waals surface area contributed by atoms with Crippen LogP contribution >= 0.6 is 11.8 Å². The molecule has 1 N–H and O–H groups in total. The van der Waals surface area contributed by atoms with Gasteiger partial charge >= 0.3 is 5.69 Å². The minimum Gasteiger partial charge on any atom is -0.493 e. The van der Waals surface area contributed by atoms with Crippen molar-refractivity contribution in [2.24, 2.45) is 0 Å². The summed E-state index contributed by atoms with van der Waals surface area (Å²) in [5.74, 6) is 1.10. The summed E-state index contributed by atoms with van der Waals surface area (Å²) >= 11 is 1.30. The van der Waals surface area contributed by atoms with Crippen LogP contribution in [0.4, 0.5) is 5.69 Å². The molecule has 166 valence electrons. The third-order valence-electron chi connectivity index (χ3n) is 5.30. The Morgan fingerprint density at radius 3 is 2.66 bits per heavy atom. The van der Waals surface area contributed by atoms with Gasteiger partial charge in [0.1, 0.15) is 5.03 Å². The molecule has 0 saturated carbocycles. The Morgan fingerprint density at radius 1 is 1.12 bits per heavy atom. The van der Waals surface area contributed by atoms with E-state index in [0.29, 0.717) is 28.8 Å². The molecule has 2 aromatic heterocycles. The number of rotatable bonds is 8. The number of amides is 1. The van der Waals surface area contributed by atoms with E-state index in [9.17, 15) is 9.59 Å². The summed E-state index contributed by atoms with van der Waals surface area (Å²) in [6, 6.07) is 8.99. The van der Waals surface area contributed by atoms with Crippen LogP contribution in [0, 0.1) is 0 Å². The smallest absolute Gasteiger partial charge is 0.349 e. The zero-order valence-corrected chi connectivity index (χ0v) is 18.8. The van der Waals surface area contributed by atoms with Gasteiger partial charge in [0.2, 0.25) is 5.91 Å². The van der Waals surface area contributed by atoms with Crippen LogP contribution in [0.2, 0.25) is 0 Å². The number of benzene rings is 1. The summed E-state index contributed by atoms with van der Waals surface area (Å²) in [7, 11) is 3.10. The molecule has 0 bridgehead atoms. The molecule has 9 heteroatoms. The van der Waals surface area contributed by atoms with Gasteiger partial charge in [-0.1, -0.05) is 11.8 Å². The van der Waals surface area contributed by atoms with E-state index in [2.05, 4.69) is 15.3 Å². The predicted octanol–water partition coefficient (Wildman–Crippen LogP) is 2.92. The molecule has 1 aliphatic carbocycles. The molecule has 2 heterocycles. The second-order valence-electron chi connectivity index (χ2n) is 7.33. The number of carbonyl (C=O) groups excluding carboxylic acids is 1. The number of fused-ring (bicyclic) bond motifs is 1. The first kappa shape index (κ1) is 21.9. The van der Waals surface area contributed by atoms with Crippen molar-refractivity contribution >= 4 is 23.4 Å². The number of hydrogen-bond acceptors (Lipinski definition) is 7. The van der Waals surface area contributed by atoms with E-state index < -0.39 is 0 Å². The van der Waals surface area contributed by atoms with Gasteiger partial charge in [-0.25, -0.2) is 4.79 Å². The fourth-order valence-corrected chi connectivity index (χ4v) is 4.66.